The summed E-state index contributed by atoms with van der Waals surface area (Å²) < 4.78 is 35.3. The van der Waals surface area contributed by atoms with Crippen LogP contribution in [-0.2, 0) is 16.6 Å². The first-order chi connectivity index (χ1) is 16.5. The van der Waals surface area contributed by atoms with Crippen molar-refractivity contribution < 1.29 is 17.9 Å². The molecular formula is C24H23N5O4S. The number of amides is 1. The van der Waals surface area contributed by atoms with Gasteiger partial charge >= 0.3 is 0 Å². The van der Waals surface area contributed by atoms with E-state index in [4.69, 9.17) is 4.74 Å². The highest BCUT2D eigenvalue weighted by Gasteiger charge is 2.21. The van der Waals surface area contributed by atoms with Gasteiger partial charge in [0, 0.05) is 5.56 Å². The summed E-state index contributed by atoms with van der Waals surface area (Å²) in [6.45, 7) is 0.364. The molecule has 0 saturated carbocycles. The summed E-state index contributed by atoms with van der Waals surface area (Å²) >= 11 is 0. The average Bonchev–Trinajstić information content (AvgIpc) is 3.37. The lowest BCUT2D eigenvalue weighted by Crippen LogP contribution is -2.31. The lowest BCUT2D eigenvalue weighted by Gasteiger charge is -2.19. The van der Waals surface area contributed by atoms with Crippen LogP contribution >= 0.6 is 0 Å². The lowest BCUT2D eigenvalue weighted by molar-refractivity contribution is 0.0931. The molecule has 1 atom stereocenters. The summed E-state index contributed by atoms with van der Waals surface area (Å²) in [5, 5.41) is 7.09. The van der Waals surface area contributed by atoms with Crippen LogP contribution in [0.2, 0.25) is 0 Å². The number of hydrogen-bond acceptors (Lipinski definition) is 6. The van der Waals surface area contributed by atoms with Crippen LogP contribution in [0.25, 0.3) is 0 Å². The average molecular weight is 478 g/mol. The van der Waals surface area contributed by atoms with Crippen molar-refractivity contribution in [1.29, 1.82) is 0 Å². The molecule has 10 heteroatoms. The maximum Gasteiger partial charge on any atom is 0.262 e. The number of carbonyl (C=O) groups excluding carboxylic acids is 1. The molecule has 1 aromatic heterocycles. The van der Waals surface area contributed by atoms with Gasteiger partial charge in [-0.05, 0) is 35.9 Å². The van der Waals surface area contributed by atoms with Gasteiger partial charge in [0.2, 0.25) is 0 Å². The van der Waals surface area contributed by atoms with Crippen LogP contribution in [0.4, 0.5) is 5.69 Å². The zero-order valence-corrected chi connectivity index (χ0v) is 19.1. The number of benzene rings is 3. The van der Waals surface area contributed by atoms with Crippen molar-refractivity contribution in [3.63, 3.8) is 0 Å². The fourth-order valence-electron chi connectivity index (χ4n) is 3.41. The van der Waals surface area contributed by atoms with Crippen LogP contribution in [0.15, 0.2) is 96.4 Å². The summed E-state index contributed by atoms with van der Waals surface area (Å²) in [7, 11) is -2.50. The van der Waals surface area contributed by atoms with Gasteiger partial charge in [0.15, 0.2) is 0 Å². The molecular weight excluding hydrogens is 454 g/mol. The normalized spacial score (nSPS) is 12.0. The number of anilines is 1. The Morgan fingerprint density at radius 1 is 1.03 bits per heavy atom. The molecule has 0 spiro atoms. The molecule has 3 aromatic carbocycles. The zero-order valence-electron chi connectivity index (χ0n) is 18.3. The first-order valence-electron chi connectivity index (χ1n) is 10.4. The third-order valence-corrected chi connectivity index (χ3v) is 6.46. The van der Waals surface area contributed by atoms with Gasteiger partial charge in [-0.25, -0.2) is 13.4 Å². The Morgan fingerprint density at radius 2 is 1.79 bits per heavy atom. The summed E-state index contributed by atoms with van der Waals surface area (Å²) in [4.78, 5) is 17.0. The highest BCUT2D eigenvalue weighted by molar-refractivity contribution is 7.92. The molecule has 0 aliphatic carbocycles. The largest absolute Gasteiger partial charge is 0.495 e. The minimum atomic E-state index is -3.96. The van der Waals surface area contributed by atoms with Crippen LogP contribution in [0, 0.1) is 0 Å². The Balaban J connectivity index is 1.56. The first kappa shape index (κ1) is 23.0. The summed E-state index contributed by atoms with van der Waals surface area (Å²) in [5.41, 5.74) is 1.40. The van der Waals surface area contributed by atoms with Crippen LogP contribution in [0.5, 0.6) is 5.75 Å². The number of para-hydroxylation sites is 2. The van der Waals surface area contributed by atoms with E-state index in [0.29, 0.717) is 18.0 Å². The van der Waals surface area contributed by atoms with Gasteiger partial charge < -0.3 is 10.1 Å². The topological polar surface area (TPSA) is 115 Å². The standard InChI is InChI=1S/C24H23N5O4S/c1-33-23-13-6-5-12-21(23)28-34(31,32)20-11-7-10-19(14-20)24(30)27-22(15-29-17-25-16-26-29)18-8-3-2-4-9-18/h2-14,16-17,22,28H,15H2,1H3,(H,27,30). The van der Waals surface area contributed by atoms with E-state index in [2.05, 4.69) is 20.1 Å². The number of nitrogens with zero attached hydrogens (tertiary/aromatic N) is 3. The number of sulfonamides is 1. The molecule has 174 valence electrons. The van der Waals surface area contributed by atoms with E-state index < -0.39 is 22.0 Å². The maximum absolute atomic E-state index is 13.1. The van der Waals surface area contributed by atoms with E-state index in [9.17, 15) is 13.2 Å². The number of methoxy groups -OCH3 is 1. The van der Waals surface area contributed by atoms with Crippen molar-refractivity contribution >= 4 is 21.6 Å². The highest BCUT2D eigenvalue weighted by Crippen LogP contribution is 2.26. The van der Waals surface area contributed by atoms with Gasteiger partial charge in [-0.2, -0.15) is 5.10 Å². The predicted molar refractivity (Wildman–Crippen MR) is 127 cm³/mol. The molecule has 34 heavy (non-hydrogen) atoms. The third-order valence-electron chi connectivity index (χ3n) is 5.10. The highest BCUT2D eigenvalue weighted by atomic mass is 32.2. The molecule has 0 saturated heterocycles. The number of rotatable bonds is 9. The number of ether oxygens (including phenoxy) is 1. The molecule has 1 amide bonds. The van der Waals surface area contributed by atoms with Crippen LogP contribution in [0.1, 0.15) is 22.0 Å². The lowest BCUT2D eigenvalue weighted by atomic mass is 10.1. The molecule has 0 aliphatic rings. The summed E-state index contributed by atoms with van der Waals surface area (Å²) in [5.74, 6) is -0.0258. The molecule has 9 nitrogen and oxygen atoms in total. The SMILES string of the molecule is COc1ccccc1NS(=O)(=O)c1cccc(C(=O)NC(Cn2cncn2)c2ccccc2)c1. The van der Waals surface area contributed by atoms with Gasteiger partial charge in [-0.1, -0.05) is 48.5 Å². The summed E-state index contributed by atoms with van der Waals surface area (Å²) in [6, 6.07) is 21.6. The second kappa shape index (κ2) is 10.2. The second-order valence-corrected chi connectivity index (χ2v) is 9.07. The molecule has 2 N–H and O–H groups in total. The fourth-order valence-corrected chi connectivity index (χ4v) is 4.53. The van der Waals surface area contributed by atoms with E-state index in [1.807, 2.05) is 30.3 Å². The van der Waals surface area contributed by atoms with E-state index in [1.165, 1.54) is 31.6 Å². The van der Waals surface area contributed by atoms with Gasteiger partial charge in [-0.15, -0.1) is 0 Å². The zero-order chi connectivity index (χ0) is 24.0. The molecule has 0 fully saturated rings. The molecule has 1 heterocycles. The number of hydrogen-bond donors (Lipinski definition) is 2. The first-order valence-corrected chi connectivity index (χ1v) is 11.9. The van der Waals surface area contributed by atoms with Crippen LogP contribution in [0.3, 0.4) is 0 Å². The minimum absolute atomic E-state index is 0.0430. The number of aromatic nitrogens is 3. The minimum Gasteiger partial charge on any atom is -0.495 e. The smallest absolute Gasteiger partial charge is 0.262 e. The molecule has 4 rings (SSSR count). The van der Waals surface area contributed by atoms with E-state index in [-0.39, 0.29) is 10.5 Å². The van der Waals surface area contributed by atoms with Crippen LogP contribution < -0.4 is 14.8 Å². The Bertz CT molecular complexity index is 1360. The number of nitrogens with one attached hydrogen (secondary N) is 2. The van der Waals surface area contributed by atoms with Crippen molar-refractivity contribution in [1.82, 2.24) is 20.1 Å². The molecule has 4 aromatic rings. The second-order valence-electron chi connectivity index (χ2n) is 7.39. The van der Waals surface area contributed by atoms with Crippen molar-refractivity contribution in [2.45, 2.75) is 17.5 Å². The number of carbonyl (C=O) groups is 1. The molecule has 1 unspecified atom stereocenters. The predicted octanol–water partition coefficient (Wildman–Crippen LogP) is 3.26. The molecule has 0 bridgehead atoms. The summed E-state index contributed by atoms with van der Waals surface area (Å²) in [6.07, 6.45) is 2.99. The van der Waals surface area contributed by atoms with E-state index in [0.717, 1.165) is 5.56 Å². The van der Waals surface area contributed by atoms with Crippen molar-refractivity contribution in [2.75, 3.05) is 11.8 Å². The Kier molecular flexibility index (Phi) is 6.88. The molecule has 0 aliphatic heterocycles. The van der Waals surface area contributed by atoms with Gasteiger partial charge in [0.1, 0.15) is 18.4 Å². The van der Waals surface area contributed by atoms with Crippen molar-refractivity contribution in [3.05, 3.63) is 103 Å². The van der Waals surface area contributed by atoms with Crippen LogP contribution in [-0.4, -0.2) is 36.2 Å². The monoisotopic (exact) mass is 477 g/mol. The van der Waals surface area contributed by atoms with Crippen molar-refractivity contribution in [3.8, 4) is 5.75 Å². The van der Waals surface area contributed by atoms with Gasteiger partial charge in [0.25, 0.3) is 15.9 Å². The maximum atomic E-state index is 13.1. The fraction of sp³-hybridized carbons (Fsp3) is 0.125. The van der Waals surface area contributed by atoms with Gasteiger partial charge in [0.05, 0.1) is 30.3 Å². The Morgan fingerprint density at radius 3 is 2.53 bits per heavy atom. The third kappa shape index (κ3) is 5.41. The quantitative estimate of drug-likeness (QED) is 0.382. The van der Waals surface area contributed by atoms with Gasteiger partial charge in [-0.3, -0.25) is 14.2 Å². The Hall–Kier alpha value is -4.18. The molecule has 0 radical (unpaired) electrons. The van der Waals surface area contributed by atoms with E-state index >= 15 is 0 Å². The van der Waals surface area contributed by atoms with Crippen molar-refractivity contribution in [2.24, 2.45) is 0 Å². The Labute approximate surface area is 197 Å². The van der Waals surface area contributed by atoms with E-state index in [1.54, 1.807) is 41.3 Å².